The molecule has 4 aromatic rings. The first-order valence-electron chi connectivity index (χ1n) is 9.21. The van der Waals surface area contributed by atoms with E-state index < -0.39 is 0 Å². The monoisotopic (exact) mass is 379 g/mol. The number of imidazole rings is 1. The molecule has 0 fully saturated rings. The number of anilines is 2. The first kappa shape index (κ1) is 19.6. The molecule has 7 heteroatoms. The van der Waals surface area contributed by atoms with Crippen LogP contribution in [0.4, 0.5) is 11.4 Å². The SMILES string of the molecule is CC=O.CN(C)CCCNc1ccc2ncn3c4ccc(N)cc4c(=O)c1c23. The normalized spacial score (nSPS) is 11.1. The molecule has 4 rings (SSSR count). The fourth-order valence-corrected chi connectivity index (χ4v) is 3.36. The number of pyridine rings is 1. The highest BCUT2D eigenvalue weighted by Gasteiger charge is 2.16. The van der Waals surface area contributed by atoms with E-state index in [4.69, 9.17) is 10.5 Å². The third-order valence-corrected chi connectivity index (χ3v) is 4.56. The molecular weight excluding hydrogens is 354 g/mol. The molecule has 2 aromatic heterocycles. The van der Waals surface area contributed by atoms with Crippen molar-refractivity contribution in [3.05, 3.63) is 46.9 Å². The second-order valence-corrected chi connectivity index (χ2v) is 6.90. The van der Waals surface area contributed by atoms with Crippen molar-refractivity contribution in [2.45, 2.75) is 13.3 Å². The van der Waals surface area contributed by atoms with Crippen molar-refractivity contribution in [2.24, 2.45) is 0 Å². The number of nitrogen functional groups attached to an aromatic ring is 1. The zero-order chi connectivity index (χ0) is 20.3. The van der Waals surface area contributed by atoms with Crippen LogP contribution in [0.5, 0.6) is 0 Å². The number of nitrogens with one attached hydrogen (secondary N) is 1. The van der Waals surface area contributed by atoms with Crippen LogP contribution in [0.1, 0.15) is 13.3 Å². The van der Waals surface area contributed by atoms with Gasteiger partial charge < -0.3 is 20.7 Å². The van der Waals surface area contributed by atoms with E-state index in [1.807, 2.05) is 28.7 Å². The Morgan fingerprint density at radius 1 is 1.25 bits per heavy atom. The summed E-state index contributed by atoms with van der Waals surface area (Å²) in [5, 5.41) is 4.72. The van der Waals surface area contributed by atoms with Gasteiger partial charge in [0.2, 0.25) is 0 Å². The topological polar surface area (TPSA) is 92.7 Å². The quantitative estimate of drug-likeness (QED) is 0.240. The van der Waals surface area contributed by atoms with Crippen molar-refractivity contribution in [3.63, 3.8) is 0 Å². The summed E-state index contributed by atoms with van der Waals surface area (Å²) in [6, 6.07) is 9.34. The molecule has 7 nitrogen and oxygen atoms in total. The van der Waals surface area contributed by atoms with Gasteiger partial charge in [-0.15, -0.1) is 0 Å². The Morgan fingerprint density at radius 3 is 2.71 bits per heavy atom. The van der Waals surface area contributed by atoms with E-state index in [9.17, 15) is 4.79 Å². The van der Waals surface area contributed by atoms with Gasteiger partial charge in [-0.05, 0) is 64.3 Å². The minimum absolute atomic E-state index is 0.00369. The molecule has 28 heavy (non-hydrogen) atoms. The first-order valence-corrected chi connectivity index (χ1v) is 9.21. The summed E-state index contributed by atoms with van der Waals surface area (Å²) in [7, 11) is 4.11. The van der Waals surface area contributed by atoms with Gasteiger partial charge in [0.15, 0.2) is 5.43 Å². The Bertz CT molecular complexity index is 1170. The first-order chi connectivity index (χ1) is 13.5. The average molecular weight is 379 g/mol. The molecule has 0 amide bonds. The maximum Gasteiger partial charge on any atom is 0.199 e. The van der Waals surface area contributed by atoms with E-state index in [1.165, 1.54) is 6.92 Å². The minimum Gasteiger partial charge on any atom is -0.399 e. The molecule has 0 aliphatic rings. The maximum absolute atomic E-state index is 13.2. The summed E-state index contributed by atoms with van der Waals surface area (Å²) in [6.07, 6.45) is 3.52. The third kappa shape index (κ3) is 3.61. The van der Waals surface area contributed by atoms with Gasteiger partial charge in [0.25, 0.3) is 0 Å². The Balaban J connectivity index is 0.000000706. The van der Waals surface area contributed by atoms with Gasteiger partial charge in [-0.3, -0.25) is 9.20 Å². The van der Waals surface area contributed by atoms with Crippen molar-refractivity contribution < 1.29 is 4.79 Å². The smallest absolute Gasteiger partial charge is 0.199 e. The summed E-state index contributed by atoms with van der Waals surface area (Å²) in [6.45, 7) is 3.25. The zero-order valence-electron chi connectivity index (χ0n) is 16.4. The number of benzene rings is 2. The number of fused-ring (bicyclic) bond motifs is 2. The number of nitrogens with two attached hydrogens (primary N) is 1. The number of aldehydes is 1. The summed E-state index contributed by atoms with van der Waals surface area (Å²) in [4.78, 5) is 28.6. The number of aromatic nitrogens is 2. The molecule has 0 aliphatic heterocycles. The molecule has 0 saturated heterocycles. The molecule has 2 aromatic carbocycles. The van der Waals surface area contributed by atoms with E-state index in [-0.39, 0.29) is 5.43 Å². The number of carbonyl (C=O) groups is 1. The van der Waals surface area contributed by atoms with E-state index >= 15 is 0 Å². The van der Waals surface area contributed by atoms with Gasteiger partial charge >= 0.3 is 0 Å². The van der Waals surface area contributed by atoms with Gasteiger partial charge in [-0.2, -0.15) is 0 Å². The number of nitrogens with zero attached hydrogens (tertiary/aromatic N) is 3. The fourth-order valence-electron chi connectivity index (χ4n) is 3.36. The van der Waals surface area contributed by atoms with Crippen LogP contribution in [0.25, 0.3) is 27.3 Å². The average Bonchev–Trinajstić information content (AvgIpc) is 3.08. The highest BCUT2D eigenvalue weighted by atomic mass is 16.1. The minimum atomic E-state index is -0.00369. The Labute approximate surface area is 163 Å². The summed E-state index contributed by atoms with van der Waals surface area (Å²) >= 11 is 0. The van der Waals surface area contributed by atoms with E-state index in [1.54, 1.807) is 12.4 Å². The van der Waals surface area contributed by atoms with Gasteiger partial charge in [0.1, 0.15) is 12.6 Å². The van der Waals surface area contributed by atoms with Crippen molar-refractivity contribution in [1.82, 2.24) is 14.3 Å². The second-order valence-electron chi connectivity index (χ2n) is 6.90. The number of hydrogen-bond donors (Lipinski definition) is 2. The van der Waals surface area contributed by atoms with Gasteiger partial charge in [-0.25, -0.2) is 4.98 Å². The molecule has 146 valence electrons. The summed E-state index contributed by atoms with van der Waals surface area (Å²) in [5.41, 5.74) is 9.86. The van der Waals surface area contributed by atoms with E-state index in [0.717, 1.165) is 48.0 Å². The number of rotatable bonds is 5. The standard InChI is InChI=1S/C19H21N5O.C2H4O/c1-23(2)9-3-8-21-14-5-6-15-18-17(14)19(25)13-10-12(20)4-7-16(13)24(18)11-22-15;1-2-3/h4-7,10-11,21H,3,8-9,20H2,1-2H3;2H,1H3. The van der Waals surface area contributed by atoms with Gasteiger partial charge in [-0.1, -0.05) is 0 Å². The van der Waals surface area contributed by atoms with E-state index in [0.29, 0.717) is 16.5 Å². The molecule has 0 saturated carbocycles. The fraction of sp³-hybridized carbons (Fsp3) is 0.286. The van der Waals surface area contributed by atoms with Crippen LogP contribution >= 0.6 is 0 Å². The molecule has 3 N–H and O–H groups in total. The molecule has 0 spiro atoms. The van der Waals surface area contributed by atoms with Crippen molar-refractivity contribution >= 4 is 45.0 Å². The van der Waals surface area contributed by atoms with Crippen LogP contribution in [0.2, 0.25) is 0 Å². The number of carbonyl (C=O) groups excluding carboxylic acids is 1. The van der Waals surface area contributed by atoms with Crippen LogP contribution in [0.3, 0.4) is 0 Å². The van der Waals surface area contributed by atoms with Crippen LogP contribution in [-0.2, 0) is 4.79 Å². The molecule has 0 atom stereocenters. The lowest BCUT2D eigenvalue weighted by atomic mass is 10.1. The highest BCUT2D eigenvalue weighted by Crippen LogP contribution is 2.29. The van der Waals surface area contributed by atoms with Gasteiger partial charge in [0, 0.05) is 23.3 Å². The third-order valence-electron chi connectivity index (χ3n) is 4.56. The van der Waals surface area contributed by atoms with Crippen molar-refractivity contribution in [2.75, 3.05) is 38.2 Å². The number of hydrogen-bond acceptors (Lipinski definition) is 6. The lowest BCUT2D eigenvalue weighted by Gasteiger charge is -2.13. The Morgan fingerprint density at radius 2 is 2.00 bits per heavy atom. The zero-order valence-corrected chi connectivity index (χ0v) is 16.4. The summed E-state index contributed by atoms with van der Waals surface area (Å²) < 4.78 is 1.98. The van der Waals surface area contributed by atoms with Crippen LogP contribution in [0.15, 0.2) is 41.5 Å². The molecule has 0 radical (unpaired) electrons. The Hall–Kier alpha value is -3.19. The lowest BCUT2D eigenvalue weighted by Crippen LogP contribution is -2.17. The van der Waals surface area contributed by atoms with Crippen LogP contribution < -0.4 is 16.5 Å². The van der Waals surface area contributed by atoms with Gasteiger partial charge in [0.05, 0.1) is 21.9 Å². The lowest BCUT2D eigenvalue weighted by molar-refractivity contribution is -0.106. The van der Waals surface area contributed by atoms with Crippen molar-refractivity contribution in [1.29, 1.82) is 0 Å². The molecular formula is C21H25N5O2. The van der Waals surface area contributed by atoms with Crippen molar-refractivity contribution in [3.8, 4) is 0 Å². The second kappa shape index (κ2) is 8.22. The molecule has 0 unspecified atom stereocenters. The largest absolute Gasteiger partial charge is 0.399 e. The molecule has 0 aliphatic carbocycles. The molecule has 2 heterocycles. The van der Waals surface area contributed by atoms with E-state index in [2.05, 4.69) is 29.3 Å². The van der Waals surface area contributed by atoms with Crippen LogP contribution in [-0.4, -0.2) is 47.8 Å². The summed E-state index contributed by atoms with van der Waals surface area (Å²) in [5.74, 6) is 0. The Kier molecular flexibility index (Phi) is 5.75. The predicted octanol–water partition coefficient (Wildman–Crippen LogP) is 2.59. The molecule has 0 bridgehead atoms. The predicted molar refractivity (Wildman–Crippen MR) is 115 cm³/mol. The maximum atomic E-state index is 13.2. The highest BCUT2D eigenvalue weighted by molar-refractivity contribution is 6.07. The van der Waals surface area contributed by atoms with Crippen LogP contribution in [0, 0.1) is 0 Å².